The van der Waals surface area contributed by atoms with Gasteiger partial charge in [0.1, 0.15) is 11.9 Å². The molecule has 2 fully saturated rings. The van der Waals surface area contributed by atoms with Crippen molar-refractivity contribution in [1.82, 2.24) is 10.2 Å². The van der Waals surface area contributed by atoms with Crippen LogP contribution in [0.2, 0.25) is 0 Å². The van der Waals surface area contributed by atoms with Gasteiger partial charge in [0, 0.05) is 6.04 Å². The molecule has 19 heavy (non-hydrogen) atoms. The van der Waals surface area contributed by atoms with E-state index in [9.17, 15) is 4.79 Å². The Labute approximate surface area is 113 Å². The smallest absolute Gasteiger partial charge is 0.241 e. The molecule has 2 unspecified atom stereocenters. The maximum atomic E-state index is 12.3. The number of carbonyl (C=O) groups is 1. The van der Waals surface area contributed by atoms with Crippen LogP contribution in [0, 0.1) is 0 Å². The minimum atomic E-state index is -0.0901. The summed E-state index contributed by atoms with van der Waals surface area (Å²) in [6.45, 7) is 1.94. The van der Waals surface area contributed by atoms with Gasteiger partial charge in [-0.05, 0) is 43.9 Å². The molecule has 1 saturated heterocycles. The zero-order valence-electron chi connectivity index (χ0n) is 11.4. The lowest BCUT2D eigenvalue weighted by atomic mass is 9.90. The van der Waals surface area contributed by atoms with Gasteiger partial charge < -0.3 is 9.64 Å². The first kappa shape index (κ1) is 12.5. The van der Waals surface area contributed by atoms with E-state index in [-0.39, 0.29) is 18.1 Å². The van der Waals surface area contributed by atoms with Crippen LogP contribution in [0.1, 0.15) is 37.9 Å². The molecule has 1 aliphatic carbocycles. The Bertz CT molecular complexity index is 468. The summed E-state index contributed by atoms with van der Waals surface area (Å²) in [4.78, 5) is 14.3. The predicted molar refractivity (Wildman–Crippen MR) is 72.8 cm³/mol. The fraction of sp³-hybridized carbons (Fsp3) is 0.533. The van der Waals surface area contributed by atoms with E-state index in [1.54, 1.807) is 7.11 Å². The molecule has 1 aromatic rings. The molecular weight excluding hydrogens is 240 g/mol. The van der Waals surface area contributed by atoms with Crippen LogP contribution in [0.5, 0.6) is 5.75 Å². The second-order valence-corrected chi connectivity index (χ2v) is 5.39. The lowest BCUT2D eigenvalue weighted by molar-refractivity contribution is -0.133. The topological polar surface area (TPSA) is 41.6 Å². The third-order valence-corrected chi connectivity index (χ3v) is 4.21. The largest absolute Gasteiger partial charge is 0.497 e. The molecule has 0 bridgehead atoms. The van der Waals surface area contributed by atoms with Crippen molar-refractivity contribution in [3.05, 3.63) is 29.8 Å². The summed E-state index contributed by atoms with van der Waals surface area (Å²) < 4.78 is 5.18. The quantitative estimate of drug-likeness (QED) is 0.904. The standard InChI is InChI=1S/C15H20N2O2/c1-10-15(18)17(12-4-3-5-12)14(16-10)11-6-8-13(19-2)9-7-11/h6-10,12,14,16H,3-5H2,1-2H3. The van der Waals surface area contributed by atoms with E-state index in [1.807, 2.05) is 36.1 Å². The second kappa shape index (κ2) is 4.85. The first-order valence-electron chi connectivity index (χ1n) is 6.93. The Morgan fingerprint density at radius 2 is 1.95 bits per heavy atom. The maximum absolute atomic E-state index is 12.3. The van der Waals surface area contributed by atoms with Crippen LogP contribution in [-0.2, 0) is 4.79 Å². The van der Waals surface area contributed by atoms with Crippen molar-refractivity contribution in [2.24, 2.45) is 0 Å². The molecule has 1 heterocycles. The van der Waals surface area contributed by atoms with Gasteiger partial charge in [-0.3, -0.25) is 10.1 Å². The molecule has 0 spiro atoms. The van der Waals surface area contributed by atoms with Gasteiger partial charge in [0.25, 0.3) is 0 Å². The molecule has 4 nitrogen and oxygen atoms in total. The Kier molecular flexibility index (Phi) is 3.19. The van der Waals surface area contributed by atoms with Gasteiger partial charge >= 0.3 is 0 Å². The minimum Gasteiger partial charge on any atom is -0.497 e. The normalized spacial score (nSPS) is 27.5. The average Bonchev–Trinajstić information content (AvgIpc) is 2.66. The Balaban J connectivity index is 1.86. The maximum Gasteiger partial charge on any atom is 0.241 e. The lowest BCUT2D eigenvalue weighted by Crippen LogP contribution is -2.43. The van der Waals surface area contributed by atoms with E-state index in [2.05, 4.69) is 5.32 Å². The Hall–Kier alpha value is -1.55. The van der Waals surface area contributed by atoms with Crippen molar-refractivity contribution in [2.75, 3.05) is 7.11 Å². The molecule has 1 N–H and O–H groups in total. The van der Waals surface area contributed by atoms with Gasteiger partial charge in [-0.15, -0.1) is 0 Å². The van der Waals surface area contributed by atoms with E-state index >= 15 is 0 Å². The molecule has 0 aromatic heterocycles. The Morgan fingerprint density at radius 3 is 2.47 bits per heavy atom. The second-order valence-electron chi connectivity index (χ2n) is 5.39. The molecule has 1 amide bonds. The van der Waals surface area contributed by atoms with Crippen LogP contribution in [0.4, 0.5) is 0 Å². The van der Waals surface area contributed by atoms with E-state index in [0.29, 0.717) is 6.04 Å². The highest BCUT2D eigenvalue weighted by Crippen LogP contribution is 2.35. The third kappa shape index (κ3) is 2.10. The van der Waals surface area contributed by atoms with Gasteiger partial charge in [-0.1, -0.05) is 12.1 Å². The summed E-state index contributed by atoms with van der Waals surface area (Å²) in [7, 11) is 1.66. The highest BCUT2D eigenvalue weighted by molar-refractivity contribution is 5.84. The van der Waals surface area contributed by atoms with Gasteiger partial charge in [0.05, 0.1) is 13.2 Å². The molecule has 0 radical (unpaired) electrons. The molecule has 102 valence electrons. The van der Waals surface area contributed by atoms with Crippen LogP contribution in [-0.4, -0.2) is 30.0 Å². The fourth-order valence-corrected chi connectivity index (χ4v) is 2.84. The molecule has 4 heteroatoms. The van der Waals surface area contributed by atoms with Gasteiger partial charge in [0.15, 0.2) is 0 Å². The number of nitrogens with one attached hydrogen (secondary N) is 1. The summed E-state index contributed by atoms with van der Waals surface area (Å²) in [5.74, 6) is 1.07. The number of ether oxygens (including phenoxy) is 1. The number of methoxy groups -OCH3 is 1. The van der Waals surface area contributed by atoms with Crippen molar-refractivity contribution in [3.8, 4) is 5.75 Å². The van der Waals surface area contributed by atoms with Gasteiger partial charge in [-0.25, -0.2) is 0 Å². The summed E-state index contributed by atoms with van der Waals surface area (Å²) in [6, 6.07) is 8.29. The average molecular weight is 260 g/mol. The molecular formula is C15H20N2O2. The number of nitrogens with zero attached hydrogens (tertiary/aromatic N) is 1. The molecule has 2 aliphatic rings. The van der Waals surface area contributed by atoms with Crippen LogP contribution in [0.3, 0.4) is 0 Å². The zero-order chi connectivity index (χ0) is 13.4. The number of benzene rings is 1. The number of rotatable bonds is 3. The van der Waals surface area contributed by atoms with Gasteiger partial charge in [0.2, 0.25) is 5.91 Å². The van der Waals surface area contributed by atoms with Crippen LogP contribution in [0.25, 0.3) is 0 Å². The molecule has 1 aromatic carbocycles. The first-order chi connectivity index (χ1) is 9.20. The molecule has 1 aliphatic heterocycles. The number of carbonyl (C=O) groups excluding carboxylic acids is 1. The molecule has 2 atom stereocenters. The zero-order valence-corrected chi connectivity index (χ0v) is 11.4. The van der Waals surface area contributed by atoms with Crippen LogP contribution < -0.4 is 10.1 Å². The van der Waals surface area contributed by atoms with Crippen molar-refractivity contribution in [2.45, 2.75) is 44.4 Å². The van der Waals surface area contributed by atoms with E-state index in [4.69, 9.17) is 4.74 Å². The summed E-state index contributed by atoms with van der Waals surface area (Å²) in [6.07, 6.45) is 3.51. The third-order valence-electron chi connectivity index (χ3n) is 4.21. The summed E-state index contributed by atoms with van der Waals surface area (Å²) >= 11 is 0. The lowest BCUT2D eigenvalue weighted by Gasteiger charge is -2.38. The number of amides is 1. The summed E-state index contributed by atoms with van der Waals surface area (Å²) in [5, 5.41) is 3.39. The highest BCUT2D eigenvalue weighted by atomic mass is 16.5. The van der Waals surface area contributed by atoms with Crippen LogP contribution >= 0.6 is 0 Å². The predicted octanol–water partition coefficient (Wildman–Crippen LogP) is 2.07. The van der Waals surface area contributed by atoms with E-state index in [1.165, 1.54) is 6.42 Å². The SMILES string of the molecule is COc1ccc(C2NC(C)C(=O)N2C2CCC2)cc1. The van der Waals surface area contributed by atoms with Crippen molar-refractivity contribution >= 4 is 5.91 Å². The van der Waals surface area contributed by atoms with Crippen molar-refractivity contribution in [1.29, 1.82) is 0 Å². The van der Waals surface area contributed by atoms with Crippen LogP contribution in [0.15, 0.2) is 24.3 Å². The van der Waals surface area contributed by atoms with Crippen molar-refractivity contribution in [3.63, 3.8) is 0 Å². The number of hydrogen-bond donors (Lipinski definition) is 1. The molecule has 1 saturated carbocycles. The van der Waals surface area contributed by atoms with E-state index in [0.717, 1.165) is 24.2 Å². The minimum absolute atomic E-state index is 0.0127. The summed E-state index contributed by atoms with van der Waals surface area (Å²) in [5.41, 5.74) is 1.13. The van der Waals surface area contributed by atoms with Crippen molar-refractivity contribution < 1.29 is 9.53 Å². The molecule has 3 rings (SSSR count). The first-order valence-corrected chi connectivity index (χ1v) is 6.93. The van der Waals surface area contributed by atoms with E-state index < -0.39 is 0 Å². The highest BCUT2D eigenvalue weighted by Gasteiger charge is 2.42. The number of hydrogen-bond acceptors (Lipinski definition) is 3. The monoisotopic (exact) mass is 260 g/mol. The van der Waals surface area contributed by atoms with Gasteiger partial charge in [-0.2, -0.15) is 0 Å². The fourth-order valence-electron chi connectivity index (χ4n) is 2.84. The Morgan fingerprint density at radius 1 is 1.26 bits per heavy atom.